The summed E-state index contributed by atoms with van der Waals surface area (Å²) < 4.78 is 10.4. The van der Waals surface area contributed by atoms with Crippen molar-refractivity contribution in [1.29, 1.82) is 0 Å². The van der Waals surface area contributed by atoms with Crippen LogP contribution in [-0.2, 0) is 16.0 Å². The molecule has 7 nitrogen and oxygen atoms in total. The molecule has 0 unspecified atom stereocenters. The first-order valence-electron chi connectivity index (χ1n) is 9.79. The smallest absolute Gasteiger partial charge is 0.253 e. The summed E-state index contributed by atoms with van der Waals surface area (Å²) in [5.41, 5.74) is 4.10. The second-order valence-electron chi connectivity index (χ2n) is 7.20. The lowest BCUT2D eigenvalue weighted by Crippen LogP contribution is -2.32. The maximum absolute atomic E-state index is 12.9. The van der Waals surface area contributed by atoms with Crippen LogP contribution in [0.4, 0.5) is 5.69 Å². The monoisotopic (exact) mass is 435 g/mol. The number of hydrogen-bond donors (Lipinski definition) is 2. The van der Waals surface area contributed by atoms with Gasteiger partial charge in [-0.3, -0.25) is 9.59 Å². The summed E-state index contributed by atoms with van der Waals surface area (Å²) >= 11 is 6.34. The number of nitrogens with zero attached hydrogens (tertiary/aromatic N) is 1. The van der Waals surface area contributed by atoms with Crippen molar-refractivity contribution < 1.29 is 14.3 Å². The lowest BCUT2D eigenvalue weighted by molar-refractivity contribution is 0.0950. The number of carbonyl (C=O) groups excluding carboxylic acids is 1. The van der Waals surface area contributed by atoms with Crippen LogP contribution in [0.2, 0.25) is 5.02 Å². The molecule has 0 fully saturated rings. The average molecular weight is 436 g/mol. The summed E-state index contributed by atoms with van der Waals surface area (Å²) in [5.74, 6) is -0.283. The minimum absolute atomic E-state index is 0.138. The maximum Gasteiger partial charge on any atom is 0.253 e. The number of halogens is 1. The number of aryl methyl sites for hydroxylation is 2. The zero-order valence-electron chi connectivity index (χ0n) is 18.2. The Bertz CT molecular complexity index is 935. The molecule has 1 aromatic heterocycles. The number of methoxy groups -OCH3 is 2. The Morgan fingerprint density at radius 3 is 2.30 bits per heavy atom. The van der Waals surface area contributed by atoms with Crippen molar-refractivity contribution in [2.45, 2.75) is 27.3 Å². The van der Waals surface area contributed by atoms with Gasteiger partial charge in [-0.05, 0) is 50.1 Å². The minimum atomic E-state index is -0.283. The Morgan fingerprint density at radius 1 is 1.10 bits per heavy atom. The second-order valence-corrected chi connectivity index (χ2v) is 7.63. The highest BCUT2D eigenvalue weighted by Crippen LogP contribution is 2.28. The van der Waals surface area contributed by atoms with E-state index in [0.29, 0.717) is 42.5 Å². The van der Waals surface area contributed by atoms with E-state index in [4.69, 9.17) is 21.1 Å². The van der Waals surface area contributed by atoms with Crippen LogP contribution in [0.3, 0.4) is 0 Å². The van der Waals surface area contributed by atoms with Crippen molar-refractivity contribution in [2.24, 2.45) is 0 Å². The highest BCUT2D eigenvalue weighted by Gasteiger charge is 2.18. The first-order chi connectivity index (χ1) is 14.3. The Labute approximate surface area is 182 Å². The third-order valence-electron chi connectivity index (χ3n) is 4.98. The van der Waals surface area contributed by atoms with E-state index in [1.807, 2.05) is 32.9 Å². The molecule has 1 aromatic carbocycles. The Kier molecular flexibility index (Phi) is 8.89. The third-order valence-corrected chi connectivity index (χ3v) is 5.20. The van der Waals surface area contributed by atoms with Crippen molar-refractivity contribution in [3.8, 4) is 0 Å². The molecule has 2 N–H and O–H groups in total. The number of carbonyl (C=O) groups is 1. The number of anilines is 1. The van der Waals surface area contributed by atoms with Gasteiger partial charge in [0.2, 0.25) is 0 Å². The number of aromatic amines is 1. The SMILES string of the molecule is COCCN(CCOC)c1cc(Cl)cc(C(=O)NCc2c(C)cc(C)[nH]c2=O)c1C. The van der Waals surface area contributed by atoms with Crippen LogP contribution < -0.4 is 15.8 Å². The van der Waals surface area contributed by atoms with Crippen molar-refractivity contribution >= 4 is 23.2 Å². The molecule has 0 spiro atoms. The number of ether oxygens (including phenoxy) is 2. The number of H-pyrrole nitrogens is 1. The molecule has 1 amide bonds. The van der Waals surface area contributed by atoms with Gasteiger partial charge >= 0.3 is 0 Å². The fraction of sp³-hybridized carbons (Fsp3) is 0.455. The molecule has 30 heavy (non-hydrogen) atoms. The fourth-order valence-corrected chi connectivity index (χ4v) is 3.56. The molecule has 2 rings (SSSR count). The lowest BCUT2D eigenvalue weighted by Gasteiger charge is -2.27. The maximum atomic E-state index is 12.9. The zero-order chi connectivity index (χ0) is 22.3. The van der Waals surface area contributed by atoms with Gasteiger partial charge in [0.15, 0.2) is 0 Å². The molecule has 8 heteroatoms. The number of amides is 1. The summed E-state index contributed by atoms with van der Waals surface area (Å²) in [5, 5.41) is 3.31. The number of rotatable bonds is 10. The summed E-state index contributed by atoms with van der Waals surface area (Å²) in [6.45, 7) is 8.05. The van der Waals surface area contributed by atoms with Gasteiger partial charge in [-0.1, -0.05) is 11.6 Å². The first kappa shape index (κ1) is 23.9. The Hall–Kier alpha value is -2.35. The third kappa shape index (κ3) is 6.08. The molecule has 0 radical (unpaired) electrons. The molecule has 0 saturated carbocycles. The van der Waals surface area contributed by atoms with Crippen molar-refractivity contribution in [2.75, 3.05) is 45.4 Å². The highest BCUT2D eigenvalue weighted by atomic mass is 35.5. The van der Waals surface area contributed by atoms with Crippen molar-refractivity contribution in [1.82, 2.24) is 10.3 Å². The summed E-state index contributed by atoms with van der Waals surface area (Å²) in [6, 6.07) is 5.37. The van der Waals surface area contributed by atoms with E-state index in [1.54, 1.807) is 20.3 Å². The largest absolute Gasteiger partial charge is 0.383 e. The summed E-state index contributed by atoms with van der Waals surface area (Å²) in [7, 11) is 3.29. The Morgan fingerprint density at radius 2 is 1.73 bits per heavy atom. The van der Waals surface area contributed by atoms with Gasteiger partial charge in [0.25, 0.3) is 11.5 Å². The van der Waals surface area contributed by atoms with E-state index in [9.17, 15) is 9.59 Å². The number of nitrogens with one attached hydrogen (secondary N) is 2. The van der Waals surface area contributed by atoms with Gasteiger partial charge < -0.3 is 24.7 Å². The van der Waals surface area contributed by atoms with Gasteiger partial charge in [-0.25, -0.2) is 0 Å². The number of hydrogen-bond acceptors (Lipinski definition) is 5. The molecule has 0 aliphatic heterocycles. The van der Waals surface area contributed by atoms with Gasteiger partial charge in [-0.2, -0.15) is 0 Å². The second kappa shape index (κ2) is 11.2. The number of pyridine rings is 1. The minimum Gasteiger partial charge on any atom is -0.383 e. The Balaban J connectivity index is 2.28. The number of aromatic nitrogens is 1. The van der Waals surface area contributed by atoms with E-state index in [2.05, 4.69) is 15.2 Å². The van der Waals surface area contributed by atoms with E-state index in [0.717, 1.165) is 22.5 Å². The van der Waals surface area contributed by atoms with Crippen LogP contribution >= 0.6 is 11.6 Å². The molecule has 164 valence electrons. The van der Waals surface area contributed by atoms with Crippen LogP contribution in [-0.4, -0.2) is 51.4 Å². The molecule has 0 saturated heterocycles. The van der Waals surface area contributed by atoms with Crippen LogP contribution in [0.1, 0.15) is 32.7 Å². The van der Waals surface area contributed by atoms with Crippen LogP contribution in [0, 0.1) is 20.8 Å². The lowest BCUT2D eigenvalue weighted by atomic mass is 10.0. The standard InChI is InChI=1S/C22H30ClN3O4/c1-14-10-15(2)25-22(28)19(14)13-24-21(27)18-11-17(23)12-20(16(18)3)26(6-8-29-4)7-9-30-5/h10-12H,6-9,13H2,1-5H3,(H,24,27)(H,25,28). The van der Waals surface area contributed by atoms with Crippen molar-refractivity contribution in [3.05, 3.63) is 61.5 Å². The topological polar surface area (TPSA) is 83.7 Å². The fourth-order valence-electron chi connectivity index (χ4n) is 3.35. The van der Waals surface area contributed by atoms with Crippen LogP contribution in [0.5, 0.6) is 0 Å². The van der Waals surface area contributed by atoms with E-state index < -0.39 is 0 Å². The van der Waals surface area contributed by atoms with Crippen LogP contribution in [0.25, 0.3) is 0 Å². The molecular formula is C22H30ClN3O4. The van der Waals surface area contributed by atoms with Crippen LogP contribution in [0.15, 0.2) is 23.0 Å². The van der Waals surface area contributed by atoms with E-state index in [-0.39, 0.29) is 18.0 Å². The van der Waals surface area contributed by atoms with Gasteiger partial charge in [0, 0.05) is 61.4 Å². The highest BCUT2D eigenvalue weighted by molar-refractivity contribution is 6.31. The predicted molar refractivity (Wildman–Crippen MR) is 120 cm³/mol. The molecule has 0 aliphatic rings. The molecule has 0 atom stereocenters. The summed E-state index contributed by atoms with van der Waals surface area (Å²) in [4.78, 5) is 30.0. The van der Waals surface area contributed by atoms with Gasteiger partial charge in [0.1, 0.15) is 0 Å². The molecule has 1 heterocycles. The quantitative estimate of drug-likeness (QED) is 0.599. The zero-order valence-corrected chi connectivity index (χ0v) is 19.0. The normalized spacial score (nSPS) is 10.9. The van der Waals surface area contributed by atoms with Gasteiger partial charge in [0.05, 0.1) is 13.2 Å². The predicted octanol–water partition coefficient (Wildman–Crippen LogP) is 2.98. The van der Waals surface area contributed by atoms with E-state index >= 15 is 0 Å². The molecule has 0 aliphatic carbocycles. The van der Waals surface area contributed by atoms with Gasteiger partial charge in [-0.15, -0.1) is 0 Å². The summed E-state index contributed by atoms with van der Waals surface area (Å²) in [6.07, 6.45) is 0. The molecule has 0 bridgehead atoms. The molecule has 2 aromatic rings. The van der Waals surface area contributed by atoms with E-state index in [1.165, 1.54) is 0 Å². The van der Waals surface area contributed by atoms with Crippen molar-refractivity contribution in [3.63, 3.8) is 0 Å². The molecular weight excluding hydrogens is 406 g/mol. The first-order valence-corrected chi connectivity index (χ1v) is 10.2. The average Bonchev–Trinajstić information content (AvgIpc) is 2.68. The number of benzene rings is 1.